The van der Waals surface area contributed by atoms with Gasteiger partial charge in [-0.3, -0.25) is 4.79 Å². The lowest BCUT2D eigenvalue weighted by Gasteiger charge is -2.17. The molecule has 0 spiro atoms. The van der Waals surface area contributed by atoms with Crippen LogP contribution in [0.3, 0.4) is 0 Å². The lowest BCUT2D eigenvalue weighted by Crippen LogP contribution is -2.11. The maximum Gasteiger partial charge on any atom is 0.305 e. The molecular weight excluding hydrogens is 250 g/mol. The summed E-state index contributed by atoms with van der Waals surface area (Å²) in [6, 6.07) is 6.01. The Labute approximate surface area is 114 Å². The standard InChI is InChI=1S/C10H14ClN.C4H6O2/c1-4-8-9(11)6-5-7-10(8)12(2)3;5-4-2-1-3-6-4/h5-7H,4H2,1-3H3;1-3H2. The summed E-state index contributed by atoms with van der Waals surface area (Å²) in [7, 11) is 4.07. The molecule has 0 aliphatic carbocycles. The Bertz CT molecular complexity index is 397. The predicted octanol–water partition coefficient (Wildman–Crippen LogP) is 3.29. The molecule has 1 aliphatic heterocycles. The Kier molecular flexibility index (Phi) is 5.99. The summed E-state index contributed by atoms with van der Waals surface area (Å²) in [5.41, 5.74) is 2.44. The average Bonchev–Trinajstić information content (AvgIpc) is 2.80. The first kappa shape index (κ1) is 14.8. The van der Waals surface area contributed by atoms with E-state index < -0.39 is 0 Å². The zero-order valence-corrected chi connectivity index (χ0v) is 12.0. The first-order chi connectivity index (χ1) is 8.56. The summed E-state index contributed by atoms with van der Waals surface area (Å²) in [5.74, 6) is -0.0463. The molecule has 1 aromatic carbocycles. The summed E-state index contributed by atoms with van der Waals surface area (Å²) >= 11 is 6.05. The Hall–Kier alpha value is -1.22. The molecule has 4 heteroatoms. The highest BCUT2D eigenvalue weighted by Crippen LogP contribution is 2.26. The number of rotatable bonds is 2. The number of benzene rings is 1. The van der Waals surface area contributed by atoms with Crippen molar-refractivity contribution in [1.29, 1.82) is 0 Å². The van der Waals surface area contributed by atoms with Crippen LogP contribution in [0.5, 0.6) is 0 Å². The van der Waals surface area contributed by atoms with Gasteiger partial charge in [0.15, 0.2) is 0 Å². The van der Waals surface area contributed by atoms with Crippen molar-refractivity contribution in [1.82, 2.24) is 0 Å². The van der Waals surface area contributed by atoms with Crippen molar-refractivity contribution in [3.05, 3.63) is 28.8 Å². The largest absolute Gasteiger partial charge is 0.466 e. The molecule has 1 aromatic rings. The number of esters is 1. The SMILES string of the molecule is CCc1c(Cl)cccc1N(C)C.O=C1CCCO1. The van der Waals surface area contributed by atoms with Gasteiger partial charge in [0.25, 0.3) is 0 Å². The molecule has 100 valence electrons. The van der Waals surface area contributed by atoms with Crippen LogP contribution < -0.4 is 4.90 Å². The van der Waals surface area contributed by atoms with Crippen LogP contribution in [-0.2, 0) is 16.0 Å². The highest BCUT2D eigenvalue weighted by Gasteiger charge is 2.08. The molecule has 0 N–H and O–H groups in total. The lowest BCUT2D eigenvalue weighted by atomic mass is 10.1. The molecule has 0 amide bonds. The number of ether oxygens (including phenoxy) is 1. The minimum Gasteiger partial charge on any atom is -0.466 e. The number of anilines is 1. The maximum absolute atomic E-state index is 10.0. The van der Waals surface area contributed by atoms with E-state index in [1.54, 1.807) is 0 Å². The minimum absolute atomic E-state index is 0.0463. The van der Waals surface area contributed by atoms with Crippen LogP contribution in [-0.4, -0.2) is 26.7 Å². The van der Waals surface area contributed by atoms with Crippen molar-refractivity contribution in [2.45, 2.75) is 26.2 Å². The van der Waals surface area contributed by atoms with Gasteiger partial charge in [0.2, 0.25) is 0 Å². The van der Waals surface area contributed by atoms with E-state index in [1.165, 1.54) is 11.3 Å². The van der Waals surface area contributed by atoms with Gasteiger partial charge in [0.05, 0.1) is 6.61 Å². The molecule has 0 radical (unpaired) electrons. The number of hydrogen-bond donors (Lipinski definition) is 0. The number of nitrogens with zero attached hydrogens (tertiary/aromatic N) is 1. The molecule has 1 heterocycles. The van der Waals surface area contributed by atoms with E-state index in [-0.39, 0.29) is 5.97 Å². The highest BCUT2D eigenvalue weighted by molar-refractivity contribution is 6.31. The quantitative estimate of drug-likeness (QED) is 0.772. The summed E-state index contributed by atoms with van der Waals surface area (Å²) in [4.78, 5) is 12.1. The third-order valence-electron chi connectivity index (χ3n) is 2.72. The molecule has 0 saturated carbocycles. The number of carbonyl (C=O) groups excluding carboxylic acids is 1. The van der Waals surface area contributed by atoms with Crippen LogP contribution >= 0.6 is 11.6 Å². The van der Waals surface area contributed by atoms with E-state index in [1.807, 2.05) is 26.2 Å². The van der Waals surface area contributed by atoms with Crippen LogP contribution in [0.1, 0.15) is 25.3 Å². The summed E-state index contributed by atoms with van der Waals surface area (Å²) in [6.07, 6.45) is 2.52. The maximum atomic E-state index is 10.0. The second kappa shape index (κ2) is 7.27. The first-order valence-corrected chi connectivity index (χ1v) is 6.54. The number of cyclic esters (lactones) is 1. The van der Waals surface area contributed by atoms with E-state index >= 15 is 0 Å². The second-order valence-electron chi connectivity index (χ2n) is 4.31. The second-order valence-corrected chi connectivity index (χ2v) is 4.72. The highest BCUT2D eigenvalue weighted by atomic mass is 35.5. The third-order valence-corrected chi connectivity index (χ3v) is 3.07. The molecule has 1 saturated heterocycles. The summed E-state index contributed by atoms with van der Waals surface area (Å²) in [5, 5.41) is 0.865. The van der Waals surface area contributed by atoms with E-state index in [4.69, 9.17) is 11.6 Å². The molecule has 18 heavy (non-hydrogen) atoms. The van der Waals surface area contributed by atoms with Gasteiger partial charge < -0.3 is 9.64 Å². The van der Waals surface area contributed by atoms with Crippen molar-refractivity contribution < 1.29 is 9.53 Å². The van der Waals surface area contributed by atoms with Gasteiger partial charge >= 0.3 is 5.97 Å². The van der Waals surface area contributed by atoms with Gasteiger partial charge in [0, 0.05) is 31.2 Å². The summed E-state index contributed by atoms with van der Waals surface area (Å²) in [6.45, 7) is 2.76. The number of halogens is 1. The molecule has 0 aromatic heterocycles. The van der Waals surface area contributed by atoms with Gasteiger partial charge in [-0.2, -0.15) is 0 Å². The van der Waals surface area contributed by atoms with Crippen LogP contribution in [0.2, 0.25) is 5.02 Å². The fraction of sp³-hybridized carbons (Fsp3) is 0.500. The molecule has 2 rings (SSSR count). The van der Waals surface area contributed by atoms with Crippen molar-refractivity contribution in [3.8, 4) is 0 Å². The van der Waals surface area contributed by atoms with Crippen LogP contribution in [0.4, 0.5) is 5.69 Å². The van der Waals surface area contributed by atoms with Gasteiger partial charge in [-0.25, -0.2) is 0 Å². The van der Waals surface area contributed by atoms with Crippen LogP contribution in [0.15, 0.2) is 18.2 Å². The van der Waals surface area contributed by atoms with Gasteiger partial charge in [-0.15, -0.1) is 0 Å². The first-order valence-electron chi connectivity index (χ1n) is 6.16. The van der Waals surface area contributed by atoms with Crippen molar-refractivity contribution in [2.24, 2.45) is 0 Å². The molecule has 0 unspecified atom stereocenters. The van der Waals surface area contributed by atoms with Crippen LogP contribution in [0, 0.1) is 0 Å². The topological polar surface area (TPSA) is 29.5 Å². The van der Waals surface area contributed by atoms with Crippen molar-refractivity contribution in [3.63, 3.8) is 0 Å². The molecule has 1 fully saturated rings. The zero-order chi connectivity index (χ0) is 13.5. The smallest absolute Gasteiger partial charge is 0.305 e. The Morgan fingerprint density at radius 1 is 1.39 bits per heavy atom. The number of carbonyl (C=O) groups is 1. The lowest BCUT2D eigenvalue weighted by molar-refractivity contribution is -0.137. The molecule has 1 aliphatic rings. The van der Waals surface area contributed by atoms with Gasteiger partial charge in [-0.05, 0) is 30.5 Å². The third kappa shape index (κ3) is 4.22. The van der Waals surface area contributed by atoms with E-state index in [2.05, 4.69) is 22.6 Å². The number of hydrogen-bond acceptors (Lipinski definition) is 3. The fourth-order valence-electron chi connectivity index (χ4n) is 1.79. The Morgan fingerprint density at radius 2 is 2.11 bits per heavy atom. The van der Waals surface area contributed by atoms with E-state index in [9.17, 15) is 4.79 Å². The van der Waals surface area contributed by atoms with Crippen molar-refractivity contribution in [2.75, 3.05) is 25.6 Å². The molecule has 0 atom stereocenters. The normalized spacial score (nSPS) is 13.7. The van der Waals surface area contributed by atoms with Crippen molar-refractivity contribution >= 4 is 23.3 Å². The minimum atomic E-state index is -0.0463. The Morgan fingerprint density at radius 3 is 2.44 bits per heavy atom. The van der Waals surface area contributed by atoms with E-state index in [0.29, 0.717) is 13.0 Å². The Balaban J connectivity index is 0.000000225. The molecule has 3 nitrogen and oxygen atoms in total. The molecular formula is C14H20ClNO2. The van der Waals surface area contributed by atoms with Crippen LogP contribution in [0.25, 0.3) is 0 Å². The van der Waals surface area contributed by atoms with E-state index in [0.717, 1.165) is 17.9 Å². The zero-order valence-electron chi connectivity index (χ0n) is 11.2. The molecule has 0 bridgehead atoms. The summed E-state index contributed by atoms with van der Waals surface area (Å²) < 4.78 is 4.51. The predicted molar refractivity (Wildman–Crippen MR) is 75.4 cm³/mol. The van der Waals surface area contributed by atoms with Gasteiger partial charge in [-0.1, -0.05) is 24.6 Å². The monoisotopic (exact) mass is 269 g/mol. The van der Waals surface area contributed by atoms with Gasteiger partial charge in [0.1, 0.15) is 0 Å². The fourth-order valence-corrected chi connectivity index (χ4v) is 2.09. The average molecular weight is 270 g/mol.